The van der Waals surface area contributed by atoms with E-state index in [0.29, 0.717) is 17.2 Å². The van der Waals surface area contributed by atoms with Crippen molar-refractivity contribution in [3.05, 3.63) is 46.7 Å². The van der Waals surface area contributed by atoms with Crippen molar-refractivity contribution in [2.45, 2.75) is 0 Å². The van der Waals surface area contributed by atoms with Gasteiger partial charge in [0, 0.05) is 23.6 Å². The van der Waals surface area contributed by atoms with E-state index in [-0.39, 0.29) is 0 Å². The van der Waals surface area contributed by atoms with Gasteiger partial charge in [-0.25, -0.2) is 9.97 Å². The van der Waals surface area contributed by atoms with Gasteiger partial charge in [-0.15, -0.1) is 0 Å². The highest BCUT2D eigenvalue weighted by molar-refractivity contribution is 9.10. The van der Waals surface area contributed by atoms with E-state index in [9.17, 15) is 4.79 Å². The van der Waals surface area contributed by atoms with Crippen molar-refractivity contribution >= 4 is 33.5 Å². The third-order valence-corrected chi connectivity index (χ3v) is 2.43. The van der Waals surface area contributed by atoms with Crippen molar-refractivity contribution in [2.75, 3.05) is 5.32 Å². The summed E-state index contributed by atoms with van der Waals surface area (Å²) in [6, 6.07) is 6.84. The van der Waals surface area contributed by atoms with Crippen LogP contribution in [0, 0.1) is 0 Å². The van der Waals surface area contributed by atoms with E-state index in [1.54, 1.807) is 36.7 Å². The molecule has 0 spiro atoms. The van der Waals surface area contributed by atoms with Crippen LogP contribution in [0.3, 0.4) is 0 Å². The first-order chi connectivity index (χ1) is 8.15. The first kappa shape index (κ1) is 11.5. The van der Waals surface area contributed by atoms with E-state index in [4.69, 9.17) is 5.73 Å². The Morgan fingerprint density at radius 1 is 1.29 bits per heavy atom. The van der Waals surface area contributed by atoms with Gasteiger partial charge in [0.15, 0.2) is 0 Å². The third-order valence-electron chi connectivity index (χ3n) is 2.02. The first-order valence-corrected chi connectivity index (χ1v) is 5.59. The summed E-state index contributed by atoms with van der Waals surface area (Å²) in [5.41, 5.74) is 6.34. The topological polar surface area (TPSA) is 80.9 Å². The molecule has 17 heavy (non-hydrogen) atoms. The van der Waals surface area contributed by atoms with Gasteiger partial charge in [-0.05, 0) is 34.1 Å². The standard InChI is InChI=1S/C11H9BrN4O/c12-8-5-14-11(15-6-8)16-9-3-1-2-7(4-9)10(13)17/h1-6H,(H2,13,17)(H,14,15,16). The van der Waals surface area contributed by atoms with Gasteiger partial charge in [-0.1, -0.05) is 6.07 Å². The minimum absolute atomic E-state index is 0.437. The highest BCUT2D eigenvalue weighted by Gasteiger charge is 2.02. The van der Waals surface area contributed by atoms with Gasteiger partial charge in [-0.3, -0.25) is 4.79 Å². The maximum Gasteiger partial charge on any atom is 0.248 e. The van der Waals surface area contributed by atoms with Crippen molar-refractivity contribution in [1.29, 1.82) is 0 Å². The number of primary amides is 1. The van der Waals surface area contributed by atoms with Gasteiger partial charge in [-0.2, -0.15) is 0 Å². The lowest BCUT2D eigenvalue weighted by Gasteiger charge is -2.05. The van der Waals surface area contributed by atoms with Crippen LogP contribution in [0.25, 0.3) is 0 Å². The number of hydrogen-bond donors (Lipinski definition) is 2. The van der Waals surface area contributed by atoms with Crippen LogP contribution in [-0.2, 0) is 0 Å². The Labute approximate surface area is 106 Å². The third kappa shape index (κ3) is 3.01. The number of hydrogen-bond acceptors (Lipinski definition) is 4. The molecule has 1 amide bonds. The number of nitrogens with one attached hydrogen (secondary N) is 1. The number of carbonyl (C=O) groups is 1. The second-order valence-electron chi connectivity index (χ2n) is 3.29. The minimum atomic E-state index is -0.467. The lowest BCUT2D eigenvalue weighted by molar-refractivity contribution is 0.100. The lowest BCUT2D eigenvalue weighted by Crippen LogP contribution is -2.11. The minimum Gasteiger partial charge on any atom is -0.366 e. The first-order valence-electron chi connectivity index (χ1n) is 4.79. The summed E-state index contributed by atoms with van der Waals surface area (Å²) >= 11 is 3.25. The molecule has 0 radical (unpaired) electrons. The molecule has 3 N–H and O–H groups in total. The Hall–Kier alpha value is -1.95. The predicted molar refractivity (Wildman–Crippen MR) is 68.0 cm³/mol. The SMILES string of the molecule is NC(=O)c1cccc(Nc2ncc(Br)cn2)c1. The second kappa shape index (κ2) is 4.92. The lowest BCUT2D eigenvalue weighted by atomic mass is 10.2. The van der Waals surface area contributed by atoms with Crippen LogP contribution < -0.4 is 11.1 Å². The van der Waals surface area contributed by atoms with Crippen molar-refractivity contribution in [3.8, 4) is 0 Å². The summed E-state index contributed by atoms with van der Waals surface area (Å²) in [5, 5.41) is 2.98. The number of amides is 1. The number of anilines is 2. The zero-order chi connectivity index (χ0) is 12.3. The van der Waals surface area contributed by atoms with E-state index in [2.05, 4.69) is 31.2 Å². The molecule has 86 valence electrons. The van der Waals surface area contributed by atoms with E-state index < -0.39 is 5.91 Å². The number of nitrogens with zero attached hydrogens (tertiary/aromatic N) is 2. The molecule has 6 heteroatoms. The molecule has 1 aromatic carbocycles. The Bertz CT molecular complexity index is 541. The maximum absolute atomic E-state index is 11.0. The number of aromatic nitrogens is 2. The zero-order valence-electron chi connectivity index (χ0n) is 8.72. The van der Waals surface area contributed by atoms with Crippen molar-refractivity contribution in [2.24, 2.45) is 5.73 Å². The average molecular weight is 293 g/mol. The zero-order valence-corrected chi connectivity index (χ0v) is 10.3. The van der Waals surface area contributed by atoms with Crippen LogP contribution in [0.4, 0.5) is 11.6 Å². The number of benzene rings is 1. The fourth-order valence-corrected chi connectivity index (χ4v) is 1.46. The van der Waals surface area contributed by atoms with Gasteiger partial charge in [0.05, 0.1) is 4.47 Å². The van der Waals surface area contributed by atoms with Crippen molar-refractivity contribution in [3.63, 3.8) is 0 Å². The van der Waals surface area contributed by atoms with Gasteiger partial charge in [0.2, 0.25) is 11.9 Å². The Morgan fingerprint density at radius 3 is 2.65 bits per heavy atom. The fourth-order valence-electron chi connectivity index (χ4n) is 1.26. The average Bonchev–Trinajstić information content (AvgIpc) is 2.32. The summed E-state index contributed by atoms with van der Waals surface area (Å²) in [5.74, 6) is -0.0137. The molecular formula is C11H9BrN4O. The summed E-state index contributed by atoms with van der Waals surface area (Å²) in [7, 11) is 0. The second-order valence-corrected chi connectivity index (χ2v) is 4.21. The van der Waals surface area contributed by atoms with Crippen LogP contribution >= 0.6 is 15.9 Å². The van der Waals surface area contributed by atoms with E-state index in [1.807, 2.05) is 0 Å². The summed E-state index contributed by atoms with van der Waals surface area (Å²) in [6.07, 6.45) is 3.26. The molecule has 0 aliphatic heterocycles. The molecule has 5 nitrogen and oxygen atoms in total. The number of carbonyl (C=O) groups excluding carboxylic acids is 1. The quantitative estimate of drug-likeness (QED) is 0.908. The van der Waals surface area contributed by atoms with Crippen LogP contribution in [0.5, 0.6) is 0 Å². The smallest absolute Gasteiger partial charge is 0.248 e. The molecule has 0 bridgehead atoms. The molecule has 0 aliphatic rings. The monoisotopic (exact) mass is 292 g/mol. The highest BCUT2D eigenvalue weighted by Crippen LogP contribution is 2.15. The molecule has 0 aliphatic carbocycles. The van der Waals surface area contributed by atoms with Gasteiger partial charge >= 0.3 is 0 Å². The number of nitrogens with two attached hydrogens (primary N) is 1. The molecule has 0 saturated carbocycles. The normalized spacial score (nSPS) is 9.94. The van der Waals surface area contributed by atoms with E-state index in [1.165, 1.54) is 0 Å². The molecule has 2 rings (SSSR count). The molecule has 0 atom stereocenters. The molecular weight excluding hydrogens is 284 g/mol. The molecule has 2 aromatic rings. The van der Waals surface area contributed by atoms with Gasteiger partial charge < -0.3 is 11.1 Å². The summed E-state index contributed by atoms with van der Waals surface area (Å²) < 4.78 is 0.800. The molecule has 0 unspecified atom stereocenters. The molecule has 1 aromatic heterocycles. The Morgan fingerprint density at radius 2 is 2.00 bits per heavy atom. The summed E-state index contributed by atoms with van der Waals surface area (Å²) in [6.45, 7) is 0. The van der Waals surface area contributed by atoms with Crippen molar-refractivity contribution < 1.29 is 4.79 Å². The molecule has 0 fully saturated rings. The van der Waals surface area contributed by atoms with Crippen LogP contribution in [0.1, 0.15) is 10.4 Å². The van der Waals surface area contributed by atoms with Crippen molar-refractivity contribution in [1.82, 2.24) is 9.97 Å². The molecule has 0 saturated heterocycles. The van der Waals surface area contributed by atoms with Gasteiger partial charge in [0.25, 0.3) is 0 Å². The molecule has 1 heterocycles. The van der Waals surface area contributed by atoms with E-state index >= 15 is 0 Å². The van der Waals surface area contributed by atoms with Crippen LogP contribution in [0.15, 0.2) is 41.1 Å². The number of rotatable bonds is 3. The largest absolute Gasteiger partial charge is 0.366 e. The maximum atomic E-state index is 11.0. The fraction of sp³-hybridized carbons (Fsp3) is 0. The van der Waals surface area contributed by atoms with Crippen LogP contribution in [0.2, 0.25) is 0 Å². The predicted octanol–water partition coefficient (Wildman–Crippen LogP) is 2.08. The highest BCUT2D eigenvalue weighted by atomic mass is 79.9. The summed E-state index contributed by atoms with van der Waals surface area (Å²) in [4.78, 5) is 19.1. The Kier molecular flexibility index (Phi) is 3.34. The van der Waals surface area contributed by atoms with Gasteiger partial charge in [0.1, 0.15) is 0 Å². The van der Waals surface area contributed by atoms with Crippen LogP contribution in [-0.4, -0.2) is 15.9 Å². The van der Waals surface area contributed by atoms with E-state index in [0.717, 1.165) is 4.47 Å². The number of halogens is 1. The Balaban J connectivity index is 2.21.